The Hall–Kier alpha value is -2.18. The molecule has 5 atom stereocenters. The molecule has 0 aliphatic carbocycles. The summed E-state index contributed by atoms with van der Waals surface area (Å²) in [6, 6.07) is 5.72. The number of carboxylic acids is 1. The molecule has 0 radical (unpaired) electrons. The van der Waals surface area contributed by atoms with Crippen LogP contribution in [0.1, 0.15) is 38.5 Å². The summed E-state index contributed by atoms with van der Waals surface area (Å²) in [5, 5.41) is 18.9. The minimum atomic E-state index is -0.757. The number of ether oxygens (including phenoxy) is 2. The van der Waals surface area contributed by atoms with Crippen molar-refractivity contribution in [1.82, 2.24) is 0 Å². The minimum Gasteiger partial charge on any atom is -0.491 e. The van der Waals surface area contributed by atoms with Crippen LogP contribution < -0.4 is 4.74 Å². The molecule has 1 aromatic carbocycles. The molecule has 158 valence electrons. The number of hydrogen-bond donors (Lipinski definition) is 2. The zero-order chi connectivity index (χ0) is 20.6. The van der Waals surface area contributed by atoms with E-state index in [1.807, 2.05) is 6.08 Å². The van der Waals surface area contributed by atoms with Gasteiger partial charge in [0.1, 0.15) is 24.3 Å². The average Bonchev–Trinajstić information content (AvgIpc) is 3.30. The monoisotopic (exact) mass is 404 g/mol. The van der Waals surface area contributed by atoms with Gasteiger partial charge in [-0.2, -0.15) is 0 Å². The molecule has 0 spiro atoms. The van der Waals surface area contributed by atoms with Gasteiger partial charge in [-0.1, -0.05) is 24.3 Å². The highest BCUT2D eigenvalue weighted by Crippen LogP contribution is 2.45. The van der Waals surface area contributed by atoms with Crippen LogP contribution in [-0.2, 0) is 9.53 Å². The van der Waals surface area contributed by atoms with Crippen molar-refractivity contribution in [1.29, 1.82) is 0 Å². The van der Waals surface area contributed by atoms with Crippen LogP contribution in [0.2, 0.25) is 0 Å². The van der Waals surface area contributed by atoms with E-state index in [2.05, 4.69) is 12.2 Å². The molecule has 0 aromatic heterocycles. The van der Waals surface area contributed by atoms with E-state index in [-0.39, 0.29) is 37.0 Å². The fraction of sp³-hybridized carbons (Fsp3) is 0.522. The van der Waals surface area contributed by atoms with E-state index in [0.717, 1.165) is 25.7 Å². The summed E-state index contributed by atoms with van der Waals surface area (Å²) in [5.74, 6) is 0.0833. The van der Waals surface area contributed by atoms with Crippen LogP contribution in [0.15, 0.2) is 48.6 Å². The Bertz CT molecular complexity index is 714. The lowest BCUT2D eigenvalue weighted by molar-refractivity contribution is -0.137. The first kappa shape index (κ1) is 21.5. The molecule has 2 saturated heterocycles. The summed E-state index contributed by atoms with van der Waals surface area (Å²) in [4.78, 5) is 10.5. The first-order chi connectivity index (χ1) is 14.0. The highest BCUT2D eigenvalue weighted by molar-refractivity contribution is 5.66. The largest absolute Gasteiger partial charge is 0.491 e. The van der Waals surface area contributed by atoms with Crippen molar-refractivity contribution in [3.63, 3.8) is 0 Å². The predicted molar refractivity (Wildman–Crippen MR) is 107 cm³/mol. The maximum atomic E-state index is 12.9. The minimum absolute atomic E-state index is 0.109. The number of allylic oxidation sites excluding steroid dienone is 2. The molecule has 2 N–H and O–H groups in total. The molecule has 2 fully saturated rings. The second-order valence-electron chi connectivity index (χ2n) is 7.74. The molecule has 0 amide bonds. The number of aliphatic carboxylic acids is 1. The van der Waals surface area contributed by atoms with Crippen molar-refractivity contribution in [3.05, 3.63) is 54.4 Å². The quantitative estimate of drug-likeness (QED) is 0.429. The molecule has 2 aliphatic heterocycles. The number of hydrogen-bond acceptors (Lipinski definition) is 4. The summed E-state index contributed by atoms with van der Waals surface area (Å²) in [5.41, 5.74) is 0. The van der Waals surface area contributed by atoms with Gasteiger partial charge in [-0.25, -0.2) is 4.39 Å². The Balaban J connectivity index is 1.46. The van der Waals surface area contributed by atoms with Gasteiger partial charge in [0.2, 0.25) is 0 Å². The fourth-order valence-corrected chi connectivity index (χ4v) is 4.15. The maximum Gasteiger partial charge on any atom is 0.303 e. The Morgan fingerprint density at radius 2 is 2.00 bits per heavy atom. The zero-order valence-electron chi connectivity index (χ0n) is 16.5. The smallest absolute Gasteiger partial charge is 0.303 e. The van der Waals surface area contributed by atoms with Gasteiger partial charge in [0, 0.05) is 12.3 Å². The van der Waals surface area contributed by atoms with E-state index >= 15 is 0 Å². The van der Waals surface area contributed by atoms with Gasteiger partial charge in [0.15, 0.2) is 0 Å². The van der Waals surface area contributed by atoms with Crippen molar-refractivity contribution in [2.75, 3.05) is 6.61 Å². The number of rotatable bonds is 11. The third-order valence-corrected chi connectivity index (χ3v) is 5.61. The van der Waals surface area contributed by atoms with Crippen LogP contribution in [0.3, 0.4) is 0 Å². The van der Waals surface area contributed by atoms with Crippen LogP contribution in [0.5, 0.6) is 5.75 Å². The molecule has 1 unspecified atom stereocenters. The lowest BCUT2D eigenvalue weighted by Gasteiger charge is -2.25. The van der Waals surface area contributed by atoms with E-state index < -0.39 is 12.1 Å². The SMILES string of the molecule is O=C(O)CCC/C=C\C[C@@H]1C(/C=C/[C@@H](O)COc2ccc(F)cc2)[C@H]2CC[C@@H]1O2. The average molecular weight is 404 g/mol. The third kappa shape index (κ3) is 6.41. The van der Waals surface area contributed by atoms with Crippen LogP contribution in [-0.4, -0.2) is 41.1 Å². The van der Waals surface area contributed by atoms with Crippen LogP contribution in [0.25, 0.3) is 0 Å². The van der Waals surface area contributed by atoms with Gasteiger partial charge in [0.05, 0.1) is 12.2 Å². The lowest BCUT2D eigenvalue weighted by Crippen LogP contribution is -2.26. The van der Waals surface area contributed by atoms with Crippen LogP contribution in [0, 0.1) is 17.7 Å². The Morgan fingerprint density at radius 1 is 1.24 bits per heavy atom. The summed E-state index contributed by atoms with van der Waals surface area (Å²) in [6.07, 6.45) is 12.3. The molecule has 29 heavy (non-hydrogen) atoms. The number of aliphatic hydroxyl groups excluding tert-OH is 1. The number of carbonyl (C=O) groups is 1. The van der Waals surface area contributed by atoms with Gasteiger partial charge in [-0.05, 0) is 62.3 Å². The second kappa shape index (κ2) is 10.6. The number of unbranched alkanes of at least 4 members (excludes halogenated alkanes) is 1. The van der Waals surface area contributed by atoms with Crippen molar-refractivity contribution in [2.24, 2.45) is 11.8 Å². The molecule has 2 heterocycles. The lowest BCUT2D eigenvalue weighted by atomic mass is 9.77. The van der Waals surface area contributed by atoms with Crippen molar-refractivity contribution < 1.29 is 28.9 Å². The van der Waals surface area contributed by atoms with Gasteiger partial charge < -0.3 is 19.7 Å². The standard InChI is InChI=1S/C23H29FO5/c24-16-7-10-18(11-8-16)28-15-17(25)9-12-20-19(21-13-14-22(20)29-21)5-3-1-2-4-6-23(26)27/h1,3,7-12,17,19-22,25H,2,4-6,13-15H2,(H,26,27)/b3-1-,12-9+/t17-,19-,20?,21+,22-/m1/s1. The number of carboxylic acid groups (broad SMARTS) is 1. The molecule has 2 bridgehead atoms. The highest BCUT2D eigenvalue weighted by Gasteiger charge is 2.46. The third-order valence-electron chi connectivity index (χ3n) is 5.61. The van der Waals surface area contributed by atoms with E-state index in [1.54, 1.807) is 6.08 Å². The molecule has 5 nitrogen and oxygen atoms in total. The van der Waals surface area contributed by atoms with E-state index in [9.17, 15) is 14.3 Å². The number of aliphatic hydroxyl groups is 1. The molecule has 0 saturated carbocycles. The first-order valence-electron chi connectivity index (χ1n) is 10.3. The number of fused-ring (bicyclic) bond motifs is 2. The number of benzene rings is 1. The van der Waals surface area contributed by atoms with Gasteiger partial charge in [0.25, 0.3) is 0 Å². The summed E-state index contributed by atoms with van der Waals surface area (Å²) in [6.45, 7) is 0.109. The van der Waals surface area contributed by atoms with E-state index in [0.29, 0.717) is 18.1 Å². The maximum absolute atomic E-state index is 12.9. The molecule has 1 aromatic rings. The highest BCUT2D eigenvalue weighted by atomic mass is 19.1. The van der Waals surface area contributed by atoms with Crippen molar-refractivity contribution >= 4 is 5.97 Å². The number of halogens is 1. The summed E-state index contributed by atoms with van der Waals surface area (Å²) in [7, 11) is 0. The Kier molecular flexibility index (Phi) is 7.83. The van der Waals surface area contributed by atoms with Crippen molar-refractivity contribution in [2.45, 2.75) is 56.8 Å². The molecular weight excluding hydrogens is 375 g/mol. The summed E-state index contributed by atoms with van der Waals surface area (Å²) >= 11 is 0. The predicted octanol–water partition coefficient (Wildman–Crippen LogP) is 4.12. The second-order valence-corrected chi connectivity index (χ2v) is 7.74. The van der Waals surface area contributed by atoms with E-state index in [1.165, 1.54) is 24.3 Å². The molecule has 3 rings (SSSR count). The topological polar surface area (TPSA) is 76.0 Å². The normalized spacial score (nSPS) is 27.1. The Morgan fingerprint density at radius 3 is 2.76 bits per heavy atom. The van der Waals surface area contributed by atoms with Gasteiger partial charge in [-0.15, -0.1) is 0 Å². The first-order valence-corrected chi connectivity index (χ1v) is 10.3. The van der Waals surface area contributed by atoms with Crippen LogP contribution >= 0.6 is 0 Å². The van der Waals surface area contributed by atoms with Crippen LogP contribution in [0.4, 0.5) is 4.39 Å². The van der Waals surface area contributed by atoms with E-state index in [4.69, 9.17) is 14.6 Å². The Labute approximate surface area is 170 Å². The fourth-order valence-electron chi connectivity index (χ4n) is 4.15. The van der Waals surface area contributed by atoms with Gasteiger partial charge in [-0.3, -0.25) is 4.79 Å². The van der Waals surface area contributed by atoms with Gasteiger partial charge >= 0.3 is 5.97 Å². The zero-order valence-corrected chi connectivity index (χ0v) is 16.5. The summed E-state index contributed by atoms with van der Waals surface area (Å²) < 4.78 is 24.5. The molecule has 2 aliphatic rings. The van der Waals surface area contributed by atoms with Crippen molar-refractivity contribution in [3.8, 4) is 5.75 Å². The molecular formula is C23H29FO5. The molecule has 6 heteroatoms.